The van der Waals surface area contributed by atoms with E-state index in [1.807, 2.05) is 30.3 Å². The van der Waals surface area contributed by atoms with Crippen LogP contribution in [0.3, 0.4) is 0 Å². The quantitative estimate of drug-likeness (QED) is 0.670. The molecule has 1 rings (SSSR count). The molecular weight excluding hydrogens is 266 g/mol. The molecular formula is C12H19N3O3S. The Bertz CT molecular complexity index is 516. The molecule has 6 nitrogen and oxygen atoms in total. The summed E-state index contributed by atoms with van der Waals surface area (Å²) in [6, 6.07) is 8.21. The molecule has 0 spiro atoms. The van der Waals surface area contributed by atoms with Gasteiger partial charge in [0.25, 0.3) is 0 Å². The molecule has 0 heterocycles. The summed E-state index contributed by atoms with van der Waals surface area (Å²) in [7, 11) is -3.40. The van der Waals surface area contributed by atoms with Gasteiger partial charge in [0.05, 0.1) is 12.3 Å². The highest BCUT2D eigenvalue weighted by Gasteiger charge is 2.17. The summed E-state index contributed by atoms with van der Waals surface area (Å²) in [5.41, 5.74) is 6.83. The first kappa shape index (κ1) is 15.6. The van der Waals surface area contributed by atoms with E-state index in [0.29, 0.717) is 0 Å². The van der Waals surface area contributed by atoms with Crippen LogP contribution in [0.1, 0.15) is 18.5 Å². The first-order valence-corrected chi connectivity index (χ1v) is 7.74. The van der Waals surface area contributed by atoms with E-state index in [1.54, 1.807) is 0 Å². The van der Waals surface area contributed by atoms with Crippen LogP contribution in [0.15, 0.2) is 30.3 Å². The molecule has 2 unspecified atom stereocenters. The van der Waals surface area contributed by atoms with Crippen molar-refractivity contribution >= 4 is 15.9 Å². The number of nitrogens with one attached hydrogen (secondary N) is 2. The minimum atomic E-state index is -3.40. The van der Waals surface area contributed by atoms with Crippen LogP contribution in [0.2, 0.25) is 0 Å². The van der Waals surface area contributed by atoms with Crippen molar-refractivity contribution in [1.29, 1.82) is 0 Å². The predicted octanol–water partition coefficient (Wildman–Crippen LogP) is -0.260. The number of carbonyl (C=O) groups excluding carboxylic acids is 1. The minimum absolute atomic E-state index is 0.249. The number of rotatable bonds is 6. The van der Waals surface area contributed by atoms with Crippen molar-refractivity contribution in [2.75, 3.05) is 12.8 Å². The molecule has 1 aromatic carbocycles. The lowest BCUT2D eigenvalue weighted by atomic mass is 10.1. The summed E-state index contributed by atoms with van der Waals surface area (Å²) in [5, 5.41) is 2.61. The third-order valence-electron chi connectivity index (χ3n) is 2.51. The number of nitrogens with two attached hydrogens (primary N) is 1. The number of carbonyl (C=O) groups is 1. The zero-order valence-electron chi connectivity index (χ0n) is 11.0. The maximum Gasteiger partial charge on any atom is 0.237 e. The highest BCUT2D eigenvalue weighted by atomic mass is 32.2. The molecule has 0 aliphatic heterocycles. The lowest BCUT2D eigenvalue weighted by molar-refractivity contribution is -0.122. The van der Waals surface area contributed by atoms with Gasteiger partial charge in [-0.15, -0.1) is 0 Å². The van der Waals surface area contributed by atoms with E-state index >= 15 is 0 Å². The van der Waals surface area contributed by atoms with Crippen LogP contribution < -0.4 is 15.8 Å². The molecule has 0 aromatic heterocycles. The fourth-order valence-electron chi connectivity index (χ4n) is 1.56. The number of benzene rings is 1. The lowest BCUT2D eigenvalue weighted by Crippen LogP contribution is -2.46. The monoisotopic (exact) mass is 285 g/mol. The van der Waals surface area contributed by atoms with Crippen LogP contribution in [0.5, 0.6) is 0 Å². The SMILES string of the molecule is CC(NS(C)(=O)=O)C(=O)NCC(N)c1ccccc1. The van der Waals surface area contributed by atoms with Crippen LogP contribution in [0, 0.1) is 0 Å². The van der Waals surface area contributed by atoms with Crippen molar-refractivity contribution in [1.82, 2.24) is 10.0 Å². The summed E-state index contributed by atoms with van der Waals surface area (Å²) < 4.78 is 24.2. The molecule has 0 saturated heterocycles. The fourth-order valence-corrected chi connectivity index (χ4v) is 2.31. The van der Waals surface area contributed by atoms with Crippen LogP contribution in [-0.4, -0.2) is 33.2 Å². The zero-order chi connectivity index (χ0) is 14.5. The van der Waals surface area contributed by atoms with Gasteiger partial charge in [0, 0.05) is 12.6 Å². The maximum absolute atomic E-state index is 11.7. The van der Waals surface area contributed by atoms with E-state index in [1.165, 1.54) is 6.92 Å². The van der Waals surface area contributed by atoms with Gasteiger partial charge in [0.1, 0.15) is 0 Å². The molecule has 0 aliphatic rings. The molecule has 2 atom stereocenters. The Morgan fingerprint density at radius 1 is 1.32 bits per heavy atom. The summed E-state index contributed by atoms with van der Waals surface area (Å²) in [4.78, 5) is 11.7. The van der Waals surface area contributed by atoms with Crippen molar-refractivity contribution < 1.29 is 13.2 Å². The van der Waals surface area contributed by atoms with Crippen molar-refractivity contribution in [3.63, 3.8) is 0 Å². The maximum atomic E-state index is 11.7. The lowest BCUT2D eigenvalue weighted by Gasteiger charge is -2.16. The summed E-state index contributed by atoms with van der Waals surface area (Å²) in [6.07, 6.45) is 1.01. The van der Waals surface area contributed by atoms with Crippen molar-refractivity contribution in [2.45, 2.75) is 19.0 Å². The number of hydrogen-bond acceptors (Lipinski definition) is 4. The van der Waals surface area contributed by atoms with Gasteiger partial charge in [-0.05, 0) is 12.5 Å². The second kappa shape index (κ2) is 6.65. The Morgan fingerprint density at radius 2 is 1.89 bits per heavy atom. The topological polar surface area (TPSA) is 101 Å². The zero-order valence-corrected chi connectivity index (χ0v) is 11.8. The van der Waals surface area contributed by atoms with Crippen molar-refractivity contribution in [2.24, 2.45) is 5.73 Å². The van der Waals surface area contributed by atoms with Gasteiger partial charge in [0.15, 0.2) is 0 Å². The van der Waals surface area contributed by atoms with Crippen LogP contribution in [0.25, 0.3) is 0 Å². The Balaban J connectivity index is 2.46. The predicted molar refractivity (Wildman–Crippen MR) is 73.8 cm³/mol. The number of amides is 1. The molecule has 106 valence electrons. The van der Waals surface area contributed by atoms with Crippen molar-refractivity contribution in [3.8, 4) is 0 Å². The standard InChI is InChI=1S/C12H19N3O3S/c1-9(15-19(2,17)18)12(16)14-8-11(13)10-6-4-3-5-7-10/h3-7,9,11,15H,8,13H2,1-2H3,(H,14,16). The van der Waals surface area contributed by atoms with Gasteiger partial charge in [0.2, 0.25) is 15.9 Å². The molecule has 0 aliphatic carbocycles. The molecule has 0 fully saturated rings. The van der Waals surface area contributed by atoms with Crippen molar-refractivity contribution in [3.05, 3.63) is 35.9 Å². The van der Waals surface area contributed by atoms with E-state index in [0.717, 1.165) is 11.8 Å². The molecule has 4 N–H and O–H groups in total. The summed E-state index contributed by atoms with van der Waals surface area (Å²) in [6.45, 7) is 1.73. The average Bonchev–Trinajstić information content (AvgIpc) is 2.34. The fraction of sp³-hybridized carbons (Fsp3) is 0.417. The second-order valence-corrected chi connectivity index (χ2v) is 6.15. The average molecular weight is 285 g/mol. The first-order valence-electron chi connectivity index (χ1n) is 5.85. The van der Waals surface area contributed by atoms with Crippen LogP contribution >= 0.6 is 0 Å². The third-order valence-corrected chi connectivity index (χ3v) is 3.29. The number of sulfonamides is 1. The molecule has 19 heavy (non-hydrogen) atoms. The third kappa shape index (κ3) is 5.82. The first-order chi connectivity index (χ1) is 8.79. The Hall–Kier alpha value is -1.44. The molecule has 1 amide bonds. The van der Waals surface area contributed by atoms with Gasteiger partial charge in [-0.1, -0.05) is 30.3 Å². The van der Waals surface area contributed by atoms with E-state index < -0.39 is 22.0 Å². The summed E-state index contributed by atoms with van der Waals surface area (Å²) >= 11 is 0. The van der Waals surface area contributed by atoms with Gasteiger partial charge in [-0.25, -0.2) is 13.1 Å². The molecule has 0 saturated carbocycles. The molecule has 0 bridgehead atoms. The van der Waals surface area contributed by atoms with Gasteiger partial charge < -0.3 is 11.1 Å². The number of hydrogen-bond donors (Lipinski definition) is 3. The van der Waals surface area contributed by atoms with Crippen LogP contribution in [0.4, 0.5) is 0 Å². The van der Waals surface area contributed by atoms with Gasteiger partial charge in [-0.3, -0.25) is 4.79 Å². The second-order valence-electron chi connectivity index (χ2n) is 4.37. The Kier molecular flexibility index (Phi) is 5.46. The minimum Gasteiger partial charge on any atom is -0.353 e. The van der Waals surface area contributed by atoms with Gasteiger partial charge >= 0.3 is 0 Å². The molecule has 7 heteroatoms. The van der Waals surface area contributed by atoms with E-state index in [9.17, 15) is 13.2 Å². The highest BCUT2D eigenvalue weighted by molar-refractivity contribution is 7.88. The van der Waals surface area contributed by atoms with E-state index in [2.05, 4.69) is 10.0 Å². The van der Waals surface area contributed by atoms with Crippen LogP contribution in [-0.2, 0) is 14.8 Å². The highest BCUT2D eigenvalue weighted by Crippen LogP contribution is 2.07. The Morgan fingerprint density at radius 3 is 2.42 bits per heavy atom. The van der Waals surface area contributed by atoms with E-state index in [4.69, 9.17) is 5.73 Å². The summed E-state index contributed by atoms with van der Waals surface area (Å²) in [5.74, 6) is -0.406. The smallest absolute Gasteiger partial charge is 0.237 e. The molecule has 1 aromatic rings. The van der Waals surface area contributed by atoms with Gasteiger partial charge in [-0.2, -0.15) is 0 Å². The molecule has 0 radical (unpaired) electrons. The Labute approximate surface area is 113 Å². The van der Waals surface area contributed by atoms with E-state index in [-0.39, 0.29) is 12.6 Å². The largest absolute Gasteiger partial charge is 0.353 e. The normalized spacial score (nSPS) is 14.7.